The zero-order valence-electron chi connectivity index (χ0n) is 22.9. The van der Waals surface area contributed by atoms with Crippen LogP contribution in [-0.4, -0.2) is 98.3 Å². The lowest BCUT2D eigenvalue weighted by molar-refractivity contribution is -0.310. The molecule has 15 atom stereocenters. The molecule has 0 aromatic heterocycles. The molecule has 3 heterocycles. The van der Waals surface area contributed by atoms with Crippen molar-refractivity contribution in [3.8, 4) is 0 Å². The fourth-order valence-electron chi connectivity index (χ4n) is 10.2. The Bertz CT molecular complexity index is 1080. The van der Waals surface area contributed by atoms with E-state index in [9.17, 15) is 30.3 Å². The number of cyclic esters (lactones) is 1. The number of hydrogen-bond acceptors (Lipinski definition) is 10. The Hall–Kier alpha value is -1.11. The Kier molecular flexibility index (Phi) is 5.82. The molecule has 10 nitrogen and oxygen atoms in total. The molecule has 0 aromatic carbocycles. The quantitative estimate of drug-likeness (QED) is 0.191. The van der Waals surface area contributed by atoms with Crippen LogP contribution in [0.4, 0.5) is 0 Å². The minimum Gasteiger partial charge on any atom is -0.458 e. The molecular weight excluding hydrogens is 508 g/mol. The van der Waals surface area contributed by atoms with Crippen molar-refractivity contribution in [3.63, 3.8) is 0 Å². The van der Waals surface area contributed by atoms with Gasteiger partial charge in [0, 0.05) is 17.4 Å². The van der Waals surface area contributed by atoms with Gasteiger partial charge in [0.05, 0.1) is 24.4 Å². The molecular formula is C29H42O10. The third-order valence-corrected chi connectivity index (χ3v) is 12.5. The first-order valence-corrected chi connectivity index (χ1v) is 14.7. The van der Waals surface area contributed by atoms with Crippen molar-refractivity contribution in [1.82, 2.24) is 0 Å². The molecule has 5 N–H and O–H groups in total. The van der Waals surface area contributed by atoms with Gasteiger partial charge in [-0.15, -0.1) is 0 Å². The van der Waals surface area contributed by atoms with Crippen LogP contribution in [0, 0.1) is 28.6 Å². The van der Waals surface area contributed by atoms with Crippen molar-refractivity contribution in [2.75, 3.05) is 6.61 Å². The SMILES string of the molecule is C[C@H]1O[C@@H](O[C@H]2CC[C@@]3(C)[C@H](C2)C[C@@H]2O[C@]24[C@@H]3C[C@@H](O)[C@]2(C)[C@@H](C3=CC(=O)OC3)CC[C@@]24O)[C@H](O)[C@H](O)[C@@H]1O. The number of fused-ring (bicyclic) bond motifs is 3. The summed E-state index contributed by atoms with van der Waals surface area (Å²) >= 11 is 0. The van der Waals surface area contributed by atoms with E-state index in [2.05, 4.69) is 6.92 Å². The van der Waals surface area contributed by atoms with Gasteiger partial charge in [-0.25, -0.2) is 4.79 Å². The Balaban J connectivity index is 1.12. The smallest absolute Gasteiger partial charge is 0.331 e. The lowest BCUT2D eigenvalue weighted by Crippen LogP contribution is -2.72. The van der Waals surface area contributed by atoms with Gasteiger partial charge < -0.3 is 44.5 Å². The standard InChI is InChI=1S/C29H42O10/c1-13-22(32)23(33)24(34)25(37-13)38-16-4-6-26(2)15(9-16)10-20-29(39-20)18(26)11-19(30)27(3)17(5-7-28(27,29)35)14-8-21(31)36-12-14/h8,13,15-20,22-25,30,32-35H,4-7,9-12H2,1-3H3/t13-,15-,16+,17-,18-,19-,20+,22-,23-,24-,25+,26+,27+,28-,29-/m1/s1. The van der Waals surface area contributed by atoms with Crippen LogP contribution in [-0.2, 0) is 23.7 Å². The second-order valence-corrected chi connectivity index (χ2v) is 13.9. The van der Waals surface area contributed by atoms with E-state index in [-0.39, 0.29) is 48.0 Å². The van der Waals surface area contributed by atoms with E-state index in [0.29, 0.717) is 25.7 Å². The minimum atomic E-state index is -1.33. The molecule has 1 spiro atoms. The molecule has 2 saturated heterocycles. The van der Waals surface area contributed by atoms with Crippen molar-refractivity contribution in [1.29, 1.82) is 0 Å². The van der Waals surface area contributed by atoms with Crippen molar-refractivity contribution in [2.45, 2.75) is 126 Å². The fraction of sp³-hybridized carbons (Fsp3) is 0.897. The topological polar surface area (TPSA) is 158 Å². The van der Waals surface area contributed by atoms with Gasteiger partial charge in [0.2, 0.25) is 0 Å². The molecule has 7 rings (SSSR count). The lowest BCUT2D eigenvalue weighted by atomic mass is 9.42. The predicted octanol–water partition coefficient (Wildman–Crippen LogP) is 0.558. The van der Waals surface area contributed by atoms with E-state index < -0.39 is 53.4 Å². The van der Waals surface area contributed by atoms with E-state index in [1.165, 1.54) is 6.08 Å². The summed E-state index contributed by atoms with van der Waals surface area (Å²) in [6.45, 7) is 6.11. The van der Waals surface area contributed by atoms with Crippen LogP contribution in [0.5, 0.6) is 0 Å². The maximum atomic E-state index is 12.6. The molecule has 7 aliphatic rings. The summed E-state index contributed by atoms with van der Waals surface area (Å²) in [7, 11) is 0. The summed E-state index contributed by atoms with van der Waals surface area (Å²) in [5, 5.41) is 55.0. The summed E-state index contributed by atoms with van der Waals surface area (Å²) in [4.78, 5) is 11.8. The molecule has 10 heteroatoms. The summed E-state index contributed by atoms with van der Waals surface area (Å²) in [5.41, 5.74) is -2.07. The highest BCUT2D eigenvalue weighted by atomic mass is 16.7. The first-order chi connectivity index (χ1) is 18.4. The van der Waals surface area contributed by atoms with E-state index >= 15 is 0 Å². The number of aliphatic hydroxyl groups excluding tert-OH is 4. The normalized spacial score (nSPS) is 59.9. The number of esters is 1. The van der Waals surface area contributed by atoms with E-state index in [1.807, 2.05) is 6.92 Å². The molecule has 4 aliphatic carbocycles. The minimum absolute atomic E-state index is 0.0227. The molecule has 39 heavy (non-hydrogen) atoms. The third kappa shape index (κ3) is 3.29. The van der Waals surface area contributed by atoms with Crippen molar-refractivity contribution in [3.05, 3.63) is 11.6 Å². The summed E-state index contributed by atoms with van der Waals surface area (Å²) < 4.78 is 23.7. The predicted molar refractivity (Wildman–Crippen MR) is 134 cm³/mol. The molecule has 4 saturated carbocycles. The first-order valence-electron chi connectivity index (χ1n) is 14.7. The van der Waals surface area contributed by atoms with Crippen LogP contribution in [0.25, 0.3) is 0 Å². The van der Waals surface area contributed by atoms with Gasteiger partial charge in [-0.05, 0) is 74.7 Å². The second kappa shape index (κ2) is 8.47. The number of carbonyl (C=O) groups is 1. The molecule has 0 aromatic rings. The van der Waals surface area contributed by atoms with Gasteiger partial charge >= 0.3 is 5.97 Å². The molecule has 218 valence electrons. The Morgan fingerprint density at radius 2 is 1.77 bits per heavy atom. The second-order valence-electron chi connectivity index (χ2n) is 13.9. The lowest BCUT2D eigenvalue weighted by Gasteiger charge is -2.63. The van der Waals surface area contributed by atoms with Gasteiger partial charge in [0.25, 0.3) is 0 Å². The van der Waals surface area contributed by atoms with Gasteiger partial charge in [-0.2, -0.15) is 0 Å². The number of ether oxygens (including phenoxy) is 4. The largest absolute Gasteiger partial charge is 0.458 e. The number of epoxide rings is 1. The monoisotopic (exact) mass is 550 g/mol. The molecule has 0 radical (unpaired) electrons. The number of hydrogen-bond donors (Lipinski definition) is 5. The van der Waals surface area contributed by atoms with Gasteiger partial charge in [-0.1, -0.05) is 13.8 Å². The number of rotatable bonds is 3. The van der Waals surface area contributed by atoms with E-state index in [4.69, 9.17) is 18.9 Å². The Morgan fingerprint density at radius 1 is 1.00 bits per heavy atom. The maximum absolute atomic E-state index is 12.6. The molecule has 0 bridgehead atoms. The van der Waals surface area contributed by atoms with E-state index in [1.54, 1.807) is 6.92 Å². The number of carbonyl (C=O) groups excluding carboxylic acids is 1. The van der Waals surface area contributed by atoms with Crippen LogP contribution in [0.2, 0.25) is 0 Å². The van der Waals surface area contributed by atoms with Crippen LogP contribution >= 0.6 is 0 Å². The molecule has 6 fully saturated rings. The van der Waals surface area contributed by atoms with Crippen LogP contribution in [0.3, 0.4) is 0 Å². The van der Waals surface area contributed by atoms with Crippen LogP contribution in [0.15, 0.2) is 11.6 Å². The highest BCUT2D eigenvalue weighted by Crippen LogP contribution is 2.77. The van der Waals surface area contributed by atoms with Gasteiger partial charge in [0.1, 0.15) is 36.1 Å². The molecule has 3 aliphatic heterocycles. The van der Waals surface area contributed by atoms with Crippen molar-refractivity contribution < 1.29 is 49.3 Å². The Morgan fingerprint density at radius 3 is 2.49 bits per heavy atom. The van der Waals surface area contributed by atoms with E-state index in [0.717, 1.165) is 24.8 Å². The van der Waals surface area contributed by atoms with Crippen molar-refractivity contribution >= 4 is 5.97 Å². The number of aliphatic hydroxyl groups is 5. The zero-order valence-corrected chi connectivity index (χ0v) is 22.9. The summed E-state index contributed by atoms with van der Waals surface area (Å²) in [5.74, 6) is -0.289. The third-order valence-electron chi connectivity index (χ3n) is 12.5. The van der Waals surface area contributed by atoms with Crippen molar-refractivity contribution in [2.24, 2.45) is 28.6 Å². The zero-order chi connectivity index (χ0) is 27.7. The maximum Gasteiger partial charge on any atom is 0.331 e. The molecule has 0 unspecified atom stereocenters. The fourth-order valence-corrected chi connectivity index (χ4v) is 10.2. The van der Waals surface area contributed by atoms with Gasteiger partial charge in [-0.3, -0.25) is 0 Å². The summed E-state index contributed by atoms with van der Waals surface area (Å²) in [6, 6.07) is 0. The molecule has 0 amide bonds. The first kappa shape index (κ1) is 26.8. The highest BCUT2D eigenvalue weighted by molar-refractivity contribution is 5.85. The van der Waals surface area contributed by atoms with Gasteiger partial charge in [0.15, 0.2) is 6.29 Å². The highest BCUT2D eigenvalue weighted by Gasteiger charge is 2.86. The van der Waals surface area contributed by atoms with Crippen LogP contribution in [0.1, 0.15) is 65.7 Å². The average Bonchev–Trinajstić information content (AvgIpc) is 3.35. The summed E-state index contributed by atoms with van der Waals surface area (Å²) in [6.07, 6.45) is -0.273. The average molecular weight is 551 g/mol. The Labute approximate surface area is 228 Å². The van der Waals surface area contributed by atoms with Crippen LogP contribution < -0.4 is 0 Å².